The van der Waals surface area contributed by atoms with Crippen molar-refractivity contribution >= 4 is 38.0 Å². The molecule has 37 heavy (non-hydrogen) atoms. The van der Waals surface area contributed by atoms with Crippen molar-refractivity contribution in [3.8, 4) is 11.3 Å². The largest absolute Gasteiger partial charge is 0.380 e. The maximum Gasteiger partial charge on any atom is 0.259 e. The van der Waals surface area contributed by atoms with Crippen LogP contribution in [0.2, 0.25) is 0 Å². The highest BCUT2D eigenvalue weighted by atomic mass is 32.2. The Morgan fingerprint density at radius 2 is 1.86 bits per heavy atom. The standard InChI is InChI=1S/C26H27N5O5S/c1-35-16-19-3-2-17(15-23(19)37(27,33)34)22-14-18-8-9-28-26(32)24(18)25(30-22)29-20-4-6-21(7-5-20)31-10-12-36-13-11-31/h2-9,14-15H,10-13,16H2,1H3,(H,28,32)(H,29,30)(H2,27,33,34). The summed E-state index contributed by atoms with van der Waals surface area (Å²) < 4.78 is 35.1. The van der Waals surface area contributed by atoms with Gasteiger partial charge in [0.1, 0.15) is 5.82 Å². The molecule has 0 unspecified atom stereocenters. The van der Waals surface area contributed by atoms with E-state index in [-0.39, 0.29) is 17.1 Å². The van der Waals surface area contributed by atoms with E-state index in [0.29, 0.717) is 46.6 Å². The van der Waals surface area contributed by atoms with Crippen molar-refractivity contribution in [2.75, 3.05) is 43.6 Å². The lowest BCUT2D eigenvalue weighted by Crippen LogP contribution is -2.36. The maximum absolute atomic E-state index is 12.7. The predicted octanol–water partition coefficient (Wildman–Crippen LogP) is 2.96. The minimum atomic E-state index is -4.00. The van der Waals surface area contributed by atoms with Crippen molar-refractivity contribution in [3.63, 3.8) is 0 Å². The quantitative estimate of drug-likeness (QED) is 0.337. The summed E-state index contributed by atoms with van der Waals surface area (Å²) in [6.45, 7) is 3.16. The number of morpholine rings is 1. The number of aromatic nitrogens is 2. The summed E-state index contributed by atoms with van der Waals surface area (Å²) in [7, 11) is -2.52. The number of aromatic amines is 1. The molecule has 5 rings (SSSR count). The molecular formula is C26H27N5O5S. The number of nitrogens with zero attached hydrogens (tertiary/aromatic N) is 2. The van der Waals surface area contributed by atoms with Crippen LogP contribution in [0.3, 0.4) is 0 Å². The monoisotopic (exact) mass is 521 g/mol. The highest BCUT2D eigenvalue weighted by Crippen LogP contribution is 2.30. The number of sulfonamides is 1. The van der Waals surface area contributed by atoms with Gasteiger partial charge in [0.25, 0.3) is 5.56 Å². The van der Waals surface area contributed by atoms with Crippen LogP contribution in [0.25, 0.3) is 22.0 Å². The van der Waals surface area contributed by atoms with Crippen LogP contribution in [-0.2, 0) is 26.1 Å². The fourth-order valence-corrected chi connectivity index (χ4v) is 5.20. The number of anilines is 3. The van der Waals surface area contributed by atoms with Crippen LogP contribution in [-0.4, -0.2) is 51.8 Å². The second-order valence-electron chi connectivity index (χ2n) is 8.70. The van der Waals surface area contributed by atoms with E-state index in [2.05, 4.69) is 15.2 Å². The van der Waals surface area contributed by atoms with Gasteiger partial charge in [0, 0.05) is 43.3 Å². The molecule has 4 aromatic rings. The molecule has 0 atom stereocenters. The molecule has 0 radical (unpaired) electrons. The summed E-state index contributed by atoms with van der Waals surface area (Å²) >= 11 is 0. The molecule has 2 aromatic heterocycles. The van der Waals surface area contributed by atoms with Gasteiger partial charge in [-0.2, -0.15) is 0 Å². The molecule has 11 heteroatoms. The van der Waals surface area contributed by atoms with E-state index in [4.69, 9.17) is 19.6 Å². The number of ether oxygens (including phenoxy) is 2. The van der Waals surface area contributed by atoms with Crippen LogP contribution in [0.1, 0.15) is 5.56 Å². The van der Waals surface area contributed by atoms with Crippen molar-refractivity contribution < 1.29 is 17.9 Å². The Balaban J connectivity index is 1.56. The van der Waals surface area contributed by atoms with Crippen molar-refractivity contribution in [1.29, 1.82) is 0 Å². The molecule has 3 heterocycles. The number of pyridine rings is 2. The first kappa shape index (κ1) is 24.9. The minimum absolute atomic E-state index is 0.0344. The zero-order valence-electron chi connectivity index (χ0n) is 20.2. The zero-order valence-corrected chi connectivity index (χ0v) is 21.0. The molecule has 0 bridgehead atoms. The molecule has 0 saturated carbocycles. The fourth-order valence-electron chi connectivity index (χ4n) is 4.42. The van der Waals surface area contributed by atoms with E-state index in [0.717, 1.165) is 24.5 Å². The van der Waals surface area contributed by atoms with Gasteiger partial charge < -0.3 is 24.7 Å². The lowest BCUT2D eigenvalue weighted by Gasteiger charge is -2.28. The third kappa shape index (κ3) is 5.35. The molecule has 4 N–H and O–H groups in total. The van der Waals surface area contributed by atoms with E-state index in [9.17, 15) is 13.2 Å². The molecule has 0 aliphatic carbocycles. The minimum Gasteiger partial charge on any atom is -0.380 e. The number of methoxy groups -OCH3 is 1. The first-order chi connectivity index (χ1) is 17.8. The van der Waals surface area contributed by atoms with Gasteiger partial charge in [-0.15, -0.1) is 0 Å². The van der Waals surface area contributed by atoms with E-state index >= 15 is 0 Å². The summed E-state index contributed by atoms with van der Waals surface area (Å²) in [5.41, 5.74) is 3.03. The Hall–Kier alpha value is -3.77. The number of fused-ring (bicyclic) bond motifs is 1. The van der Waals surface area contributed by atoms with Crippen molar-refractivity contribution in [2.24, 2.45) is 5.14 Å². The first-order valence-electron chi connectivity index (χ1n) is 11.7. The second-order valence-corrected chi connectivity index (χ2v) is 10.2. The lowest BCUT2D eigenvalue weighted by atomic mass is 10.1. The number of H-pyrrole nitrogens is 1. The summed E-state index contributed by atoms with van der Waals surface area (Å²) in [5, 5.41) is 9.79. The average molecular weight is 522 g/mol. The molecule has 0 amide bonds. The van der Waals surface area contributed by atoms with Gasteiger partial charge in [-0.3, -0.25) is 4.79 Å². The number of benzene rings is 2. The smallest absolute Gasteiger partial charge is 0.259 e. The Kier molecular flexibility index (Phi) is 6.94. The third-order valence-electron chi connectivity index (χ3n) is 6.23. The maximum atomic E-state index is 12.7. The van der Waals surface area contributed by atoms with E-state index < -0.39 is 10.0 Å². The van der Waals surface area contributed by atoms with E-state index in [1.165, 1.54) is 13.2 Å². The normalized spacial score (nSPS) is 14.2. The zero-order chi connectivity index (χ0) is 26.0. The lowest BCUT2D eigenvalue weighted by molar-refractivity contribution is 0.122. The van der Waals surface area contributed by atoms with Crippen molar-refractivity contribution in [3.05, 3.63) is 76.7 Å². The van der Waals surface area contributed by atoms with Crippen LogP contribution in [0.5, 0.6) is 0 Å². The molecule has 192 valence electrons. The Labute approximate surface area is 214 Å². The molecule has 2 aromatic carbocycles. The number of nitrogens with two attached hydrogens (primary N) is 1. The molecule has 0 spiro atoms. The van der Waals surface area contributed by atoms with Crippen LogP contribution >= 0.6 is 0 Å². The topological polar surface area (TPSA) is 140 Å². The molecule has 1 saturated heterocycles. The molecular weight excluding hydrogens is 494 g/mol. The first-order valence-corrected chi connectivity index (χ1v) is 13.3. The summed E-state index contributed by atoms with van der Waals surface area (Å²) in [6, 6.07) is 16.3. The van der Waals surface area contributed by atoms with E-state index in [1.54, 1.807) is 30.5 Å². The molecule has 1 fully saturated rings. The summed E-state index contributed by atoms with van der Waals surface area (Å²) in [5.74, 6) is 0.353. The van der Waals surface area contributed by atoms with Gasteiger partial charge in [0.2, 0.25) is 10.0 Å². The fraction of sp³-hybridized carbons (Fsp3) is 0.231. The molecule has 1 aliphatic rings. The van der Waals surface area contributed by atoms with Gasteiger partial charge in [-0.05, 0) is 53.4 Å². The van der Waals surface area contributed by atoms with Crippen LogP contribution in [0, 0.1) is 0 Å². The van der Waals surface area contributed by atoms with Crippen LogP contribution in [0.15, 0.2) is 70.5 Å². The number of hydrogen-bond acceptors (Lipinski definition) is 8. The second kappa shape index (κ2) is 10.3. The highest BCUT2D eigenvalue weighted by Gasteiger charge is 2.18. The SMILES string of the molecule is COCc1ccc(-c2cc3cc[nH]c(=O)c3c(Nc3ccc(N4CCOCC4)cc3)n2)cc1S(N)(=O)=O. The van der Waals surface area contributed by atoms with Crippen LogP contribution in [0.4, 0.5) is 17.2 Å². The van der Waals surface area contributed by atoms with Gasteiger partial charge >= 0.3 is 0 Å². The van der Waals surface area contributed by atoms with Gasteiger partial charge in [-0.25, -0.2) is 18.5 Å². The Morgan fingerprint density at radius 1 is 1.11 bits per heavy atom. The van der Waals surface area contributed by atoms with E-state index in [1.807, 2.05) is 24.3 Å². The highest BCUT2D eigenvalue weighted by molar-refractivity contribution is 7.89. The Morgan fingerprint density at radius 3 is 2.57 bits per heavy atom. The average Bonchev–Trinajstić information content (AvgIpc) is 2.89. The number of rotatable bonds is 7. The summed E-state index contributed by atoms with van der Waals surface area (Å²) in [4.78, 5) is 22.4. The molecule has 10 nitrogen and oxygen atoms in total. The van der Waals surface area contributed by atoms with Crippen molar-refractivity contribution in [1.82, 2.24) is 9.97 Å². The van der Waals surface area contributed by atoms with Gasteiger partial charge in [0.05, 0.1) is 35.8 Å². The van der Waals surface area contributed by atoms with Gasteiger partial charge in [0.15, 0.2) is 0 Å². The number of primary sulfonamides is 1. The van der Waals surface area contributed by atoms with Crippen molar-refractivity contribution in [2.45, 2.75) is 11.5 Å². The summed E-state index contributed by atoms with van der Waals surface area (Å²) in [6.07, 6.45) is 1.56. The van der Waals surface area contributed by atoms with Gasteiger partial charge in [-0.1, -0.05) is 12.1 Å². The predicted molar refractivity (Wildman–Crippen MR) is 143 cm³/mol. The molecule has 1 aliphatic heterocycles. The Bertz CT molecular complexity index is 1600. The van der Waals surface area contributed by atoms with Crippen LogP contribution < -0.4 is 20.9 Å². The third-order valence-corrected chi connectivity index (χ3v) is 7.22. The number of hydrogen-bond donors (Lipinski definition) is 3. The number of nitrogens with one attached hydrogen (secondary N) is 2.